The summed E-state index contributed by atoms with van der Waals surface area (Å²) in [4.78, 5) is 12.0. The van der Waals surface area contributed by atoms with Gasteiger partial charge in [-0.25, -0.2) is 4.79 Å². The number of hydrogen-bond donors (Lipinski definition) is 2. The maximum atomic E-state index is 12.7. The van der Waals surface area contributed by atoms with E-state index in [1.165, 1.54) is 12.1 Å². The van der Waals surface area contributed by atoms with E-state index in [-0.39, 0.29) is 11.1 Å². The molecule has 0 aliphatic carbocycles. The summed E-state index contributed by atoms with van der Waals surface area (Å²) in [7, 11) is 0. The molecular weight excluding hydrogens is 353 g/mol. The molecule has 0 saturated heterocycles. The number of carbonyl (C=O) groups excluding carboxylic acids is 1. The molecule has 0 aliphatic heterocycles. The molecule has 3 nitrogen and oxygen atoms in total. The van der Waals surface area contributed by atoms with Crippen LogP contribution in [0.15, 0.2) is 61.2 Å². The number of benzene rings is 2. The normalized spacial score (nSPS) is 11.7. The SMILES string of the molecule is C=C(CC(C)(C)CNC(=O)Nc1cccc(C(F)(F)F)c1)c1ccccc1. The van der Waals surface area contributed by atoms with Crippen LogP contribution in [-0.4, -0.2) is 12.6 Å². The second kappa shape index (κ2) is 8.29. The number of allylic oxidation sites excluding steroid dienone is 1. The van der Waals surface area contributed by atoms with Crippen molar-refractivity contribution in [3.63, 3.8) is 0 Å². The average molecular weight is 376 g/mol. The number of halogens is 3. The number of hydrogen-bond acceptors (Lipinski definition) is 1. The lowest BCUT2D eigenvalue weighted by molar-refractivity contribution is -0.137. The van der Waals surface area contributed by atoms with Crippen molar-refractivity contribution in [2.45, 2.75) is 26.4 Å². The Kier molecular flexibility index (Phi) is 6.31. The number of urea groups is 1. The van der Waals surface area contributed by atoms with Crippen molar-refractivity contribution in [1.82, 2.24) is 5.32 Å². The minimum Gasteiger partial charge on any atom is -0.337 e. The Bertz CT molecular complexity index is 799. The summed E-state index contributed by atoms with van der Waals surface area (Å²) in [5.41, 5.74) is 1.02. The van der Waals surface area contributed by atoms with E-state index in [4.69, 9.17) is 0 Å². The molecule has 0 spiro atoms. The van der Waals surface area contributed by atoms with Gasteiger partial charge < -0.3 is 10.6 Å². The summed E-state index contributed by atoms with van der Waals surface area (Å²) >= 11 is 0. The molecule has 144 valence electrons. The Labute approximate surface area is 157 Å². The molecule has 6 heteroatoms. The smallest absolute Gasteiger partial charge is 0.337 e. The fraction of sp³-hybridized carbons (Fsp3) is 0.286. The van der Waals surface area contributed by atoms with Crippen molar-refractivity contribution in [1.29, 1.82) is 0 Å². The first-order valence-corrected chi connectivity index (χ1v) is 8.52. The van der Waals surface area contributed by atoms with Crippen LogP contribution in [0.5, 0.6) is 0 Å². The number of anilines is 1. The molecule has 2 amide bonds. The lowest BCUT2D eigenvalue weighted by Crippen LogP contribution is -2.36. The van der Waals surface area contributed by atoms with Gasteiger partial charge in [-0.05, 0) is 41.2 Å². The van der Waals surface area contributed by atoms with E-state index in [1.54, 1.807) is 0 Å². The summed E-state index contributed by atoms with van der Waals surface area (Å²) in [5.74, 6) is 0. The molecule has 0 saturated carbocycles. The van der Waals surface area contributed by atoms with Gasteiger partial charge >= 0.3 is 12.2 Å². The predicted molar refractivity (Wildman–Crippen MR) is 102 cm³/mol. The summed E-state index contributed by atoms with van der Waals surface area (Å²) in [6, 6.07) is 13.8. The third-order valence-electron chi connectivity index (χ3n) is 4.05. The highest BCUT2D eigenvalue weighted by molar-refractivity contribution is 5.89. The van der Waals surface area contributed by atoms with Crippen molar-refractivity contribution >= 4 is 17.3 Å². The Morgan fingerprint density at radius 1 is 1.04 bits per heavy atom. The van der Waals surface area contributed by atoms with Crippen molar-refractivity contribution in [3.05, 3.63) is 72.3 Å². The van der Waals surface area contributed by atoms with Crippen molar-refractivity contribution in [2.24, 2.45) is 5.41 Å². The molecule has 2 aromatic carbocycles. The van der Waals surface area contributed by atoms with Crippen molar-refractivity contribution in [2.75, 3.05) is 11.9 Å². The molecule has 0 heterocycles. The zero-order valence-electron chi connectivity index (χ0n) is 15.4. The van der Waals surface area contributed by atoms with Crippen LogP contribution in [0.4, 0.5) is 23.7 Å². The van der Waals surface area contributed by atoms with Gasteiger partial charge in [-0.1, -0.05) is 56.8 Å². The molecule has 0 fully saturated rings. The Hall–Kier alpha value is -2.76. The zero-order valence-corrected chi connectivity index (χ0v) is 15.4. The van der Waals surface area contributed by atoms with Gasteiger partial charge in [0.15, 0.2) is 0 Å². The van der Waals surface area contributed by atoms with Crippen LogP contribution in [0.25, 0.3) is 5.57 Å². The highest BCUT2D eigenvalue weighted by Crippen LogP contribution is 2.31. The van der Waals surface area contributed by atoms with E-state index in [1.807, 2.05) is 44.2 Å². The lowest BCUT2D eigenvalue weighted by Gasteiger charge is -2.26. The summed E-state index contributed by atoms with van der Waals surface area (Å²) in [5, 5.41) is 5.15. The molecule has 2 rings (SSSR count). The quantitative estimate of drug-likeness (QED) is 0.642. The van der Waals surface area contributed by atoms with E-state index in [0.717, 1.165) is 23.3 Å². The van der Waals surface area contributed by atoms with Gasteiger partial charge in [0.05, 0.1) is 5.56 Å². The van der Waals surface area contributed by atoms with Gasteiger partial charge in [-0.3, -0.25) is 0 Å². The molecule has 27 heavy (non-hydrogen) atoms. The van der Waals surface area contributed by atoms with Crippen LogP contribution in [0.3, 0.4) is 0 Å². The van der Waals surface area contributed by atoms with Gasteiger partial charge in [0.2, 0.25) is 0 Å². The maximum absolute atomic E-state index is 12.7. The first kappa shape index (κ1) is 20.6. The number of amides is 2. The molecule has 0 atom stereocenters. The minimum atomic E-state index is -4.45. The van der Waals surface area contributed by atoms with E-state index < -0.39 is 17.8 Å². The third kappa shape index (κ3) is 6.47. The van der Waals surface area contributed by atoms with E-state index >= 15 is 0 Å². The second-order valence-electron chi connectivity index (χ2n) is 7.20. The van der Waals surface area contributed by atoms with Crippen LogP contribution >= 0.6 is 0 Å². The van der Waals surface area contributed by atoms with Gasteiger partial charge in [0.1, 0.15) is 0 Å². The highest BCUT2D eigenvalue weighted by atomic mass is 19.4. The molecule has 2 N–H and O–H groups in total. The Morgan fingerprint density at radius 2 is 1.70 bits per heavy atom. The van der Waals surface area contributed by atoms with Crippen LogP contribution in [0, 0.1) is 5.41 Å². The zero-order chi connectivity index (χ0) is 20.1. The molecule has 0 unspecified atom stereocenters. The monoisotopic (exact) mass is 376 g/mol. The van der Waals surface area contributed by atoms with E-state index in [9.17, 15) is 18.0 Å². The minimum absolute atomic E-state index is 0.0915. The molecule has 0 aliphatic rings. The first-order chi connectivity index (χ1) is 12.6. The predicted octanol–water partition coefficient (Wildman–Crippen LogP) is 5.96. The standard InChI is InChI=1S/C21H23F3N2O/c1-15(16-8-5-4-6-9-16)13-20(2,3)14-25-19(27)26-18-11-7-10-17(12-18)21(22,23)24/h4-12H,1,13-14H2,2-3H3,(H2,25,26,27). The number of rotatable bonds is 6. The maximum Gasteiger partial charge on any atom is 0.416 e. The average Bonchev–Trinajstić information content (AvgIpc) is 2.60. The topological polar surface area (TPSA) is 41.1 Å². The van der Waals surface area contributed by atoms with Gasteiger partial charge in [-0.2, -0.15) is 13.2 Å². The number of carbonyl (C=O) groups is 1. The van der Waals surface area contributed by atoms with Crippen LogP contribution in [0.1, 0.15) is 31.4 Å². The lowest BCUT2D eigenvalue weighted by atomic mass is 9.84. The molecule has 0 bridgehead atoms. The van der Waals surface area contributed by atoms with Gasteiger partial charge in [0.25, 0.3) is 0 Å². The van der Waals surface area contributed by atoms with Crippen LogP contribution in [-0.2, 0) is 6.18 Å². The molecule has 2 aromatic rings. The summed E-state index contributed by atoms with van der Waals surface area (Å²) in [6.07, 6.45) is -3.78. The fourth-order valence-electron chi connectivity index (χ4n) is 2.68. The largest absolute Gasteiger partial charge is 0.416 e. The van der Waals surface area contributed by atoms with E-state index in [2.05, 4.69) is 17.2 Å². The van der Waals surface area contributed by atoms with E-state index in [0.29, 0.717) is 13.0 Å². The summed E-state index contributed by atoms with van der Waals surface area (Å²) < 4.78 is 38.2. The summed E-state index contributed by atoms with van der Waals surface area (Å²) in [6.45, 7) is 8.44. The van der Waals surface area contributed by atoms with Crippen LogP contribution in [0.2, 0.25) is 0 Å². The number of alkyl halides is 3. The highest BCUT2D eigenvalue weighted by Gasteiger charge is 2.30. The van der Waals surface area contributed by atoms with Gasteiger partial charge in [0, 0.05) is 12.2 Å². The Morgan fingerprint density at radius 3 is 2.33 bits per heavy atom. The van der Waals surface area contributed by atoms with Crippen LogP contribution < -0.4 is 10.6 Å². The number of nitrogens with one attached hydrogen (secondary N) is 2. The molecule has 0 radical (unpaired) electrons. The third-order valence-corrected chi connectivity index (χ3v) is 4.05. The molecular formula is C21H23F3N2O. The Balaban J connectivity index is 1.90. The first-order valence-electron chi connectivity index (χ1n) is 8.52. The van der Waals surface area contributed by atoms with Gasteiger partial charge in [-0.15, -0.1) is 0 Å². The molecule has 0 aromatic heterocycles. The van der Waals surface area contributed by atoms with Crippen molar-refractivity contribution in [3.8, 4) is 0 Å². The van der Waals surface area contributed by atoms with Crippen molar-refractivity contribution < 1.29 is 18.0 Å². The fourth-order valence-corrected chi connectivity index (χ4v) is 2.68. The second-order valence-corrected chi connectivity index (χ2v) is 7.20.